The lowest BCUT2D eigenvalue weighted by Crippen LogP contribution is -2.10. The molecule has 0 spiro atoms. The summed E-state index contributed by atoms with van der Waals surface area (Å²) in [7, 11) is 2.32. The SMILES string of the molecule is CCOC(=O)CCNP. The summed E-state index contributed by atoms with van der Waals surface area (Å²) in [6, 6.07) is 0. The van der Waals surface area contributed by atoms with Crippen LogP contribution in [0.1, 0.15) is 13.3 Å². The highest BCUT2D eigenvalue weighted by Crippen LogP contribution is 1.84. The van der Waals surface area contributed by atoms with Crippen LogP contribution in [0.3, 0.4) is 0 Å². The van der Waals surface area contributed by atoms with Crippen molar-refractivity contribution in [1.29, 1.82) is 0 Å². The minimum absolute atomic E-state index is 0.146. The van der Waals surface area contributed by atoms with E-state index in [9.17, 15) is 4.79 Å². The van der Waals surface area contributed by atoms with E-state index in [4.69, 9.17) is 0 Å². The first-order valence-electron chi connectivity index (χ1n) is 2.90. The molecule has 0 heterocycles. The predicted octanol–water partition coefficient (Wildman–Crippen LogP) is 0.319. The average molecular weight is 149 g/mol. The largest absolute Gasteiger partial charge is 0.466 e. The maximum Gasteiger partial charge on any atom is 0.307 e. The van der Waals surface area contributed by atoms with Crippen molar-refractivity contribution in [2.75, 3.05) is 13.2 Å². The molecule has 0 saturated carbocycles. The lowest BCUT2D eigenvalue weighted by atomic mass is 10.4. The lowest BCUT2D eigenvalue weighted by molar-refractivity contribution is -0.142. The average Bonchev–Trinajstić information content (AvgIpc) is 1.85. The molecule has 0 saturated heterocycles. The van der Waals surface area contributed by atoms with Crippen LogP contribution in [0, 0.1) is 0 Å². The first-order valence-corrected chi connectivity index (χ1v) is 3.48. The van der Waals surface area contributed by atoms with E-state index in [0.29, 0.717) is 19.6 Å². The molecule has 4 heteroatoms. The molecule has 3 nitrogen and oxygen atoms in total. The Morgan fingerprint density at radius 1 is 1.78 bits per heavy atom. The molecule has 0 rings (SSSR count). The highest BCUT2D eigenvalue weighted by Gasteiger charge is 1.97. The van der Waals surface area contributed by atoms with E-state index in [1.807, 2.05) is 0 Å². The summed E-state index contributed by atoms with van der Waals surface area (Å²) < 4.78 is 4.66. The van der Waals surface area contributed by atoms with Gasteiger partial charge >= 0.3 is 5.97 Å². The Hall–Kier alpha value is -0.140. The lowest BCUT2D eigenvalue weighted by Gasteiger charge is -1.98. The quantitative estimate of drug-likeness (QED) is 0.462. The molecule has 0 fully saturated rings. The van der Waals surface area contributed by atoms with E-state index in [2.05, 4.69) is 19.2 Å². The molecule has 0 aliphatic heterocycles. The van der Waals surface area contributed by atoms with E-state index in [0.717, 1.165) is 0 Å². The Labute approximate surface area is 57.4 Å². The van der Waals surface area contributed by atoms with E-state index in [1.54, 1.807) is 6.92 Å². The van der Waals surface area contributed by atoms with Gasteiger partial charge in [-0.2, -0.15) is 0 Å². The van der Waals surface area contributed by atoms with Crippen LogP contribution in [0.5, 0.6) is 0 Å². The van der Waals surface area contributed by atoms with Gasteiger partial charge in [-0.25, -0.2) is 0 Å². The second-order valence-electron chi connectivity index (χ2n) is 1.51. The second kappa shape index (κ2) is 5.99. The fourth-order valence-corrected chi connectivity index (χ4v) is 0.552. The number of rotatable bonds is 4. The number of hydrogen-bond acceptors (Lipinski definition) is 3. The van der Waals surface area contributed by atoms with Crippen molar-refractivity contribution >= 4 is 15.4 Å². The molecule has 1 N–H and O–H groups in total. The minimum Gasteiger partial charge on any atom is -0.466 e. The zero-order valence-corrected chi connectivity index (χ0v) is 6.67. The summed E-state index contributed by atoms with van der Waals surface area (Å²) in [5, 5.41) is 2.77. The highest BCUT2D eigenvalue weighted by molar-refractivity contribution is 7.13. The summed E-state index contributed by atoms with van der Waals surface area (Å²) in [6.45, 7) is 2.92. The Kier molecular flexibility index (Phi) is 5.89. The molecule has 1 unspecified atom stereocenters. The van der Waals surface area contributed by atoms with E-state index >= 15 is 0 Å². The number of ether oxygens (including phenoxy) is 1. The van der Waals surface area contributed by atoms with Crippen molar-refractivity contribution in [3.63, 3.8) is 0 Å². The third kappa shape index (κ3) is 5.74. The van der Waals surface area contributed by atoms with Crippen LogP contribution in [-0.4, -0.2) is 19.1 Å². The molecular weight excluding hydrogens is 137 g/mol. The maximum absolute atomic E-state index is 10.5. The molecule has 0 aromatic carbocycles. The maximum atomic E-state index is 10.5. The Morgan fingerprint density at radius 3 is 2.89 bits per heavy atom. The molecule has 9 heavy (non-hydrogen) atoms. The predicted molar refractivity (Wildman–Crippen MR) is 39.0 cm³/mol. The van der Waals surface area contributed by atoms with Crippen molar-refractivity contribution in [2.45, 2.75) is 13.3 Å². The van der Waals surface area contributed by atoms with Crippen molar-refractivity contribution in [3.05, 3.63) is 0 Å². The number of esters is 1. The number of hydrogen-bond donors (Lipinski definition) is 1. The second-order valence-corrected chi connectivity index (χ2v) is 1.92. The number of carbonyl (C=O) groups excluding carboxylic acids is 1. The third-order valence-corrected chi connectivity index (χ3v) is 1.07. The van der Waals surface area contributed by atoms with Gasteiger partial charge in [0.05, 0.1) is 13.0 Å². The van der Waals surface area contributed by atoms with Crippen LogP contribution in [0.2, 0.25) is 0 Å². The normalized spacial score (nSPS) is 9.11. The van der Waals surface area contributed by atoms with E-state index < -0.39 is 0 Å². The Morgan fingerprint density at radius 2 is 2.44 bits per heavy atom. The number of carbonyl (C=O) groups is 1. The molecular formula is C5H12NO2P. The molecule has 0 amide bonds. The Bertz CT molecular complexity index is 87.0. The van der Waals surface area contributed by atoms with Gasteiger partial charge in [0.1, 0.15) is 0 Å². The van der Waals surface area contributed by atoms with Crippen LogP contribution in [0.4, 0.5) is 0 Å². The fourth-order valence-electron chi connectivity index (χ4n) is 0.407. The van der Waals surface area contributed by atoms with Gasteiger partial charge in [0.2, 0.25) is 0 Å². The molecule has 0 aliphatic carbocycles. The van der Waals surface area contributed by atoms with Crippen molar-refractivity contribution < 1.29 is 9.53 Å². The summed E-state index contributed by atoms with van der Waals surface area (Å²) in [4.78, 5) is 10.5. The van der Waals surface area contributed by atoms with E-state index in [1.165, 1.54) is 0 Å². The summed E-state index contributed by atoms with van der Waals surface area (Å²) in [5.74, 6) is -0.146. The number of nitrogens with one attached hydrogen (secondary N) is 1. The molecule has 54 valence electrons. The van der Waals surface area contributed by atoms with Gasteiger partial charge in [-0.3, -0.25) is 4.79 Å². The van der Waals surface area contributed by atoms with Gasteiger partial charge in [0, 0.05) is 6.54 Å². The van der Waals surface area contributed by atoms with Gasteiger partial charge in [0.15, 0.2) is 0 Å². The molecule has 0 aliphatic rings. The van der Waals surface area contributed by atoms with Crippen molar-refractivity contribution in [3.8, 4) is 0 Å². The molecule has 0 aromatic rings. The molecule has 1 atom stereocenters. The zero-order chi connectivity index (χ0) is 7.11. The molecule has 0 bridgehead atoms. The summed E-state index contributed by atoms with van der Waals surface area (Å²) >= 11 is 0. The van der Waals surface area contributed by atoms with E-state index in [-0.39, 0.29) is 5.97 Å². The minimum atomic E-state index is -0.146. The summed E-state index contributed by atoms with van der Waals surface area (Å²) in [6.07, 6.45) is 0.442. The van der Waals surface area contributed by atoms with Gasteiger partial charge in [-0.1, -0.05) is 9.39 Å². The van der Waals surface area contributed by atoms with Gasteiger partial charge < -0.3 is 9.82 Å². The van der Waals surface area contributed by atoms with Crippen LogP contribution >= 0.6 is 9.39 Å². The zero-order valence-electron chi connectivity index (χ0n) is 5.52. The van der Waals surface area contributed by atoms with Crippen molar-refractivity contribution in [2.24, 2.45) is 0 Å². The standard InChI is InChI=1S/C5H12NO2P/c1-2-8-5(7)3-4-6-9/h6H,2-4,9H2,1H3. The van der Waals surface area contributed by atoms with Gasteiger partial charge in [-0.15, -0.1) is 0 Å². The first kappa shape index (κ1) is 8.86. The Balaban J connectivity index is 3.06. The first-order chi connectivity index (χ1) is 4.31. The fraction of sp³-hybridized carbons (Fsp3) is 0.800. The van der Waals surface area contributed by atoms with Crippen LogP contribution in [0.15, 0.2) is 0 Å². The third-order valence-electron chi connectivity index (χ3n) is 0.779. The van der Waals surface area contributed by atoms with Crippen molar-refractivity contribution in [1.82, 2.24) is 5.09 Å². The molecule has 0 radical (unpaired) electrons. The van der Waals surface area contributed by atoms with Gasteiger partial charge in [-0.05, 0) is 6.92 Å². The van der Waals surface area contributed by atoms with Gasteiger partial charge in [0.25, 0.3) is 0 Å². The smallest absolute Gasteiger partial charge is 0.307 e. The van der Waals surface area contributed by atoms with Crippen LogP contribution in [0.25, 0.3) is 0 Å². The highest BCUT2D eigenvalue weighted by atomic mass is 31.0. The van der Waals surface area contributed by atoms with Crippen LogP contribution in [-0.2, 0) is 9.53 Å². The summed E-state index contributed by atoms with van der Waals surface area (Å²) in [5.41, 5.74) is 0. The molecule has 0 aromatic heterocycles. The monoisotopic (exact) mass is 149 g/mol. The van der Waals surface area contributed by atoms with Crippen LogP contribution < -0.4 is 5.09 Å². The topological polar surface area (TPSA) is 38.3 Å².